The van der Waals surface area contributed by atoms with Crippen LogP contribution >= 0.6 is 11.3 Å². The number of benzene rings is 1. The molecule has 0 saturated heterocycles. The van der Waals surface area contributed by atoms with E-state index in [2.05, 4.69) is 20.3 Å². The lowest BCUT2D eigenvalue weighted by atomic mass is 10.1. The van der Waals surface area contributed by atoms with Gasteiger partial charge in [0.15, 0.2) is 5.13 Å². The van der Waals surface area contributed by atoms with Gasteiger partial charge >= 0.3 is 0 Å². The van der Waals surface area contributed by atoms with Gasteiger partial charge in [0.25, 0.3) is 5.91 Å². The van der Waals surface area contributed by atoms with Gasteiger partial charge in [-0.2, -0.15) is 0 Å². The van der Waals surface area contributed by atoms with Crippen molar-refractivity contribution in [3.05, 3.63) is 64.7 Å². The number of carbonyl (C=O) groups excluding carboxylic acids is 2. The Morgan fingerprint density at radius 3 is 2.80 bits per heavy atom. The minimum absolute atomic E-state index is 0.0726. The average Bonchev–Trinajstić information content (AvgIpc) is 3.17. The maximum absolute atomic E-state index is 12.8. The Bertz CT molecular complexity index is 1040. The molecule has 8 nitrogen and oxygen atoms in total. The van der Waals surface area contributed by atoms with Crippen molar-refractivity contribution < 1.29 is 14.3 Å². The quantitative estimate of drug-likeness (QED) is 0.655. The molecule has 0 bridgehead atoms. The molecule has 30 heavy (non-hydrogen) atoms. The van der Waals surface area contributed by atoms with Crippen molar-refractivity contribution in [2.75, 3.05) is 18.5 Å². The largest absolute Gasteiger partial charge is 0.494 e. The molecular weight excluding hydrogens is 402 g/mol. The van der Waals surface area contributed by atoms with E-state index < -0.39 is 0 Å². The highest BCUT2D eigenvalue weighted by molar-refractivity contribution is 7.15. The molecule has 0 fully saturated rings. The summed E-state index contributed by atoms with van der Waals surface area (Å²) in [7, 11) is 0. The highest BCUT2D eigenvalue weighted by atomic mass is 32.1. The van der Waals surface area contributed by atoms with Crippen LogP contribution in [0.2, 0.25) is 0 Å². The topological polar surface area (TPSA) is 97.3 Å². The Balaban J connectivity index is 1.37. The number of hydrogen-bond acceptors (Lipinski definition) is 7. The van der Waals surface area contributed by atoms with Gasteiger partial charge < -0.3 is 9.64 Å². The first kappa shape index (κ1) is 20.0. The van der Waals surface area contributed by atoms with E-state index in [9.17, 15) is 9.59 Å². The zero-order valence-corrected chi connectivity index (χ0v) is 17.3. The molecule has 1 aliphatic heterocycles. The van der Waals surface area contributed by atoms with Crippen molar-refractivity contribution in [3.63, 3.8) is 0 Å². The van der Waals surface area contributed by atoms with Gasteiger partial charge in [-0.3, -0.25) is 19.9 Å². The molecule has 0 aliphatic carbocycles. The number of thiazole rings is 1. The second-order valence-corrected chi connectivity index (χ2v) is 7.84. The number of hydrogen-bond donors (Lipinski definition) is 1. The van der Waals surface area contributed by atoms with E-state index in [1.54, 1.807) is 0 Å². The fraction of sp³-hybridized carbons (Fsp3) is 0.286. The van der Waals surface area contributed by atoms with Crippen molar-refractivity contribution in [2.24, 2.45) is 0 Å². The zero-order valence-electron chi connectivity index (χ0n) is 16.5. The molecule has 1 aliphatic rings. The van der Waals surface area contributed by atoms with Gasteiger partial charge in [0.1, 0.15) is 11.4 Å². The SMILES string of the molecule is CCOc1ccc(CC(=O)N2CCc3nc(NC(=O)c4cnccn4)sc3C2)cc1. The van der Waals surface area contributed by atoms with E-state index in [4.69, 9.17) is 4.74 Å². The summed E-state index contributed by atoms with van der Waals surface area (Å²) in [6, 6.07) is 7.61. The van der Waals surface area contributed by atoms with Crippen LogP contribution in [0, 0.1) is 0 Å². The summed E-state index contributed by atoms with van der Waals surface area (Å²) in [5.41, 5.74) is 2.12. The number of anilines is 1. The third kappa shape index (κ3) is 4.62. The maximum atomic E-state index is 12.8. The number of amides is 2. The van der Waals surface area contributed by atoms with E-state index in [1.807, 2.05) is 36.1 Å². The molecule has 0 atom stereocenters. The number of aromatic nitrogens is 3. The number of nitrogens with one attached hydrogen (secondary N) is 1. The van der Waals surface area contributed by atoms with Crippen molar-refractivity contribution in [1.82, 2.24) is 19.9 Å². The van der Waals surface area contributed by atoms with E-state index >= 15 is 0 Å². The average molecular weight is 423 g/mol. The predicted molar refractivity (Wildman–Crippen MR) is 113 cm³/mol. The number of rotatable bonds is 6. The molecule has 0 radical (unpaired) electrons. The van der Waals surface area contributed by atoms with Gasteiger partial charge in [-0.25, -0.2) is 9.97 Å². The van der Waals surface area contributed by atoms with Gasteiger partial charge in [0.05, 0.1) is 31.5 Å². The monoisotopic (exact) mass is 423 g/mol. The van der Waals surface area contributed by atoms with Crippen LogP contribution in [0.25, 0.3) is 0 Å². The van der Waals surface area contributed by atoms with Crippen LogP contribution in [0.3, 0.4) is 0 Å². The maximum Gasteiger partial charge on any atom is 0.277 e. The predicted octanol–water partition coefficient (Wildman–Crippen LogP) is 2.71. The van der Waals surface area contributed by atoms with Crippen LogP contribution in [-0.4, -0.2) is 44.8 Å². The zero-order chi connectivity index (χ0) is 20.9. The first-order valence-electron chi connectivity index (χ1n) is 9.68. The number of ether oxygens (including phenoxy) is 1. The normalized spacial score (nSPS) is 12.9. The first-order chi connectivity index (χ1) is 14.6. The van der Waals surface area contributed by atoms with Crippen LogP contribution < -0.4 is 10.1 Å². The Hall–Kier alpha value is -3.33. The van der Waals surface area contributed by atoms with Crippen LogP contribution in [0.4, 0.5) is 5.13 Å². The second-order valence-electron chi connectivity index (χ2n) is 6.75. The van der Waals surface area contributed by atoms with E-state index in [-0.39, 0.29) is 17.5 Å². The van der Waals surface area contributed by atoms with Gasteiger partial charge in [-0.05, 0) is 24.6 Å². The molecule has 4 rings (SSSR count). The minimum Gasteiger partial charge on any atom is -0.494 e. The third-order valence-electron chi connectivity index (χ3n) is 4.69. The summed E-state index contributed by atoms with van der Waals surface area (Å²) in [5.74, 6) is 0.526. The molecule has 9 heteroatoms. The summed E-state index contributed by atoms with van der Waals surface area (Å²) in [6.45, 7) is 3.67. The van der Waals surface area contributed by atoms with Crippen LogP contribution in [0.15, 0.2) is 42.9 Å². The third-order valence-corrected chi connectivity index (χ3v) is 5.69. The van der Waals surface area contributed by atoms with Crippen molar-refractivity contribution in [3.8, 4) is 5.75 Å². The number of carbonyl (C=O) groups is 2. The Labute approximate surface area is 178 Å². The molecule has 3 heterocycles. The van der Waals surface area contributed by atoms with Crippen LogP contribution in [-0.2, 0) is 24.2 Å². The lowest BCUT2D eigenvalue weighted by Crippen LogP contribution is -2.36. The van der Waals surface area contributed by atoms with Crippen LogP contribution in [0.5, 0.6) is 5.75 Å². The standard InChI is InChI=1S/C21H21N5O3S/c1-2-29-15-5-3-14(4-6-15)11-19(27)26-10-7-16-18(13-26)30-21(24-16)25-20(28)17-12-22-8-9-23-17/h3-6,8-9,12H,2,7,10-11,13H2,1H3,(H,24,25,28). The highest BCUT2D eigenvalue weighted by Crippen LogP contribution is 2.29. The Kier molecular flexibility index (Phi) is 5.99. The molecule has 0 saturated carbocycles. The second kappa shape index (κ2) is 9.00. The summed E-state index contributed by atoms with van der Waals surface area (Å²) in [5, 5.41) is 3.28. The molecule has 0 unspecified atom stereocenters. The van der Waals surface area contributed by atoms with Crippen molar-refractivity contribution in [2.45, 2.75) is 26.3 Å². The number of fused-ring (bicyclic) bond motifs is 1. The molecule has 3 aromatic rings. The fourth-order valence-electron chi connectivity index (χ4n) is 3.20. The smallest absolute Gasteiger partial charge is 0.277 e. The highest BCUT2D eigenvalue weighted by Gasteiger charge is 2.25. The van der Waals surface area contributed by atoms with Crippen molar-refractivity contribution >= 4 is 28.3 Å². The fourth-order valence-corrected chi connectivity index (χ4v) is 4.21. The van der Waals surface area contributed by atoms with Gasteiger partial charge in [0, 0.05) is 30.2 Å². The molecule has 1 N–H and O–H groups in total. The minimum atomic E-state index is -0.349. The number of nitrogens with zero attached hydrogens (tertiary/aromatic N) is 4. The lowest BCUT2D eigenvalue weighted by molar-refractivity contribution is -0.131. The van der Waals surface area contributed by atoms with Gasteiger partial charge in [-0.15, -0.1) is 0 Å². The van der Waals surface area contributed by atoms with Gasteiger partial charge in [0.2, 0.25) is 5.91 Å². The molecule has 154 valence electrons. The van der Waals surface area contributed by atoms with Crippen molar-refractivity contribution in [1.29, 1.82) is 0 Å². The van der Waals surface area contributed by atoms with E-state index in [0.717, 1.165) is 21.9 Å². The molecular formula is C21H21N5O3S. The molecule has 2 amide bonds. The lowest BCUT2D eigenvalue weighted by Gasteiger charge is -2.26. The summed E-state index contributed by atoms with van der Waals surface area (Å²) in [6.07, 6.45) is 5.40. The van der Waals surface area contributed by atoms with E-state index in [0.29, 0.717) is 37.7 Å². The van der Waals surface area contributed by atoms with Gasteiger partial charge in [-0.1, -0.05) is 23.5 Å². The first-order valence-corrected chi connectivity index (χ1v) is 10.5. The Morgan fingerprint density at radius 2 is 2.07 bits per heavy atom. The molecule has 0 spiro atoms. The summed E-state index contributed by atoms with van der Waals surface area (Å²) >= 11 is 1.39. The summed E-state index contributed by atoms with van der Waals surface area (Å²) in [4.78, 5) is 40.2. The summed E-state index contributed by atoms with van der Waals surface area (Å²) < 4.78 is 5.44. The van der Waals surface area contributed by atoms with E-state index in [1.165, 1.54) is 29.9 Å². The molecule has 1 aromatic carbocycles. The molecule has 2 aromatic heterocycles. The Morgan fingerprint density at radius 1 is 1.23 bits per heavy atom. The van der Waals surface area contributed by atoms with Crippen LogP contribution in [0.1, 0.15) is 33.5 Å².